The molecule has 1 unspecified atom stereocenters. The van der Waals surface area contributed by atoms with Crippen LogP contribution in [0.5, 0.6) is 5.75 Å². The quantitative estimate of drug-likeness (QED) is 0.684. The van der Waals surface area contributed by atoms with Crippen LogP contribution in [0.15, 0.2) is 45.3 Å². The average Bonchev–Trinajstić information content (AvgIpc) is 2.47. The van der Waals surface area contributed by atoms with E-state index in [0.717, 1.165) is 31.7 Å². The third-order valence-corrected chi connectivity index (χ3v) is 4.96. The summed E-state index contributed by atoms with van der Waals surface area (Å²) >= 11 is 13.4. The zero-order chi connectivity index (χ0) is 15.4. The van der Waals surface area contributed by atoms with E-state index in [1.54, 1.807) is 7.11 Å². The lowest BCUT2D eigenvalue weighted by Crippen LogP contribution is -2.19. The Hall–Kier alpha value is -0.550. The van der Waals surface area contributed by atoms with Crippen LogP contribution in [0, 0.1) is 0 Å². The second-order valence-electron chi connectivity index (χ2n) is 4.67. The van der Waals surface area contributed by atoms with Gasteiger partial charge in [-0.05, 0) is 54.9 Å². The molecular weight excluding hydrogens is 417 g/mol. The summed E-state index contributed by atoms with van der Waals surface area (Å²) < 4.78 is 7.34. The number of rotatable bonds is 5. The molecular formula is C16H16Br2ClNO. The molecule has 0 heterocycles. The van der Waals surface area contributed by atoms with Crippen LogP contribution in [0.1, 0.15) is 17.2 Å². The van der Waals surface area contributed by atoms with Crippen molar-refractivity contribution in [2.24, 2.45) is 0 Å². The van der Waals surface area contributed by atoms with E-state index in [0.29, 0.717) is 0 Å². The minimum Gasteiger partial charge on any atom is -0.497 e. The molecule has 0 saturated carbocycles. The van der Waals surface area contributed by atoms with Crippen LogP contribution in [0.4, 0.5) is 0 Å². The van der Waals surface area contributed by atoms with Gasteiger partial charge in [0.1, 0.15) is 5.75 Å². The molecule has 0 amide bonds. The molecule has 0 bridgehead atoms. The summed E-state index contributed by atoms with van der Waals surface area (Å²) in [7, 11) is 3.62. The van der Waals surface area contributed by atoms with Crippen molar-refractivity contribution >= 4 is 43.5 Å². The Morgan fingerprint density at radius 3 is 2.57 bits per heavy atom. The van der Waals surface area contributed by atoms with Crippen LogP contribution in [-0.2, 0) is 6.42 Å². The Balaban J connectivity index is 2.30. The van der Waals surface area contributed by atoms with E-state index in [1.807, 2.05) is 43.4 Å². The molecule has 2 aromatic rings. The highest BCUT2D eigenvalue weighted by Crippen LogP contribution is 2.31. The summed E-state index contributed by atoms with van der Waals surface area (Å²) in [5.74, 6) is 0.852. The van der Waals surface area contributed by atoms with Gasteiger partial charge in [-0.2, -0.15) is 0 Å². The summed E-state index contributed by atoms with van der Waals surface area (Å²) in [5.41, 5.74) is 2.25. The maximum atomic E-state index is 6.36. The van der Waals surface area contributed by atoms with Gasteiger partial charge in [-0.25, -0.2) is 0 Å². The first-order chi connectivity index (χ1) is 10.0. The van der Waals surface area contributed by atoms with Gasteiger partial charge >= 0.3 is 0 Å². The number of halogens is 3. The molecule has 2 nitrogen and oxygen atoms in total. The van der Waals surface area contributed by atoms with Crippen molar-refractivity contribution in [3.05, 3.63) is 61.5 Å². The first-order valence-corrected chi connectivity index (χ1v) is 8.46. The molecule has 0 saturated heterocycles. The zero-order valence-corrected chi connectivity index (χ0v) is 15.7. The lowest BCUT2D eigenvalue weighted by Gasteiger charge is -2.19. The highest BCUT2D eigenvalue weighted by molar-refractivity contribution is 9.10. The van der Waals surface area contributed by atoms with E-state index in [2.05, 4.69) is 37.2 Å². The fourth-order valence-electron chi connectivity index (χ4n) is 2.21. The van der Waals surface area contributed by atoms with Crippen molar-refractivity contribution in [3.8, 4) is 5.75 Å². The number of likely N-dealkylation sites (N-methyl/N-ethyl adjacent to an activating group) is 1. The Morgan fingerprint density at radius 1 is 1.19 bits per heavy atom. The van der Waals surface area contributed by atoms with E-state index in [1.165, 1.54) is 5.56 Å². The van der Waals surface area contributed by atoms with Crippen molar-refractivity contribution in [2.75, 3.05) is 14.2 Å². The smallest absolute Gasteiger partial charge is 0.119 e. The molecule has 1 N–H and O–H groups in total. The Bertz CT molecular complexity index is 634. The van der Waals surface area contributed by atoms with Crippen LogP contribution in [0.2, 0.25) is 5.02 Å². The lowest BCUT2D eigenvalue weighted by molar-refractivity contribution is 0.414. The Kier molecular flexibility index (Phi) is 6.11. The number of methoxy groups -OCH3 is 1. The topological polar surface area (TPSA) is 21.3 Å². The predicted molar refractivity (Wildman–Crippen MR) is 95.4 cm³/mol. The monoisotopic (exact) mass is 431 g/mol. The average molecular weight is 434 g/mol. The first kappa shape index (κ1) is 16.8. The van der Waals surface area contributed by atoms with E-state index in [-0.39, 0.29) is 6.04 Å². The highest BCUT2D eigenvalue weighted by Gasteiger charge is 2.15. The van der Waals surface area contributed by atoms with Gasteiger partial charge in [-0.15, -0.1) is 0 Å². The molecule has 0 spiro atoms. The second-order valence-corrected chi connectivity index (χ2v) is 6.85. The van der Waals surface area contributed by atoms with Crippen LogP contribution in [-0.4, -0.2) is 14.2 Å². The summed E-state index contributed by atoms with van der Waals surface area (Å²) in [4.78, 5) is 0. The standard InChI is InChI=1S/C16H16Br2ClNO/c1-20-16(13-5-3-11(17)9-15(13)19)8-10-7-12(21-2)4-6-14(10)18/h3-7,9,16,20H,8H2,1-2H3. The predicted octanol–water partition coefficient (Wildman–Crippen LogP) is 5.38. The number of hydrogen-bond donors (Lipinski definition) is 1. The van der Waals surface area contributed by atoms with Crippen molar-refractivity contribution in [3.63, 3.8) is 0 Å². The van der Waals surface area contributed by atoms with Gasteiger partial charge < -0.3 is 10.1 Å². The summed E-state index contributed by atoms with van der Waals surface area (Å²) in [6.45, 7) is 0. The highest BCUT2D eigenvalue weighted by atomic mass is 79.9. The van der Waals surface area contributed by atoms with Crippen LogP contribution >= 0.6 is 43.5 Å². The minimum absolute atomic E-state index is 0.133. The van der Waals surface area contributed by atoms with Crippen molar-refractivity contribution in [1.82, 2.24) is 5.32 Å². The van der Waals surface area contributed by atoms with Gasteiger partial charge in [0.25, 0.3) is 0 Å². The van der Waals surface area contributed by atoms with Gasteiger partial charge in [0.2, 0.25) is 0 Å². The SMILES string of the molecule is CNC(Cc1cc(OC)ccc1Br)c1ccc(Br)cc1Cl. The number of hydrogen-bond acceptors (Lipinski definition) is 2. The summed E-state index contributed by atoms with van der Waals surface area (Å²) in [6, 6.07) is 12.1. The number of benzene rings is 2. The van der Waals surface area contributed by atoms with Crippen LogP contribution in [0.25, 0.3) is 0 Å². The van der Waals surface area contributed by atoms with E-state index in [4.69, 9.17) is 16.3 Å². The second kappa shape index (κ2) is 7.63. The van der Waals surface area contributed by atoms with Crippen LogP contribution < -0.4 is 10.1 Å². The summed E-state index contributed by atoms with van der Waals surface area (Å²) in [6.07, 6.45) is 0.815. The fraction of sp³-hybridized carbons (Fsp3) is 0.250. The molecule has 0 radical (unpaired) electrons. The molecule has 2 rings (SSSR count). The van der Waals surface area contributed by atoms with Gasteiger partial charge in [0.15, 0.2) is 0 Å². The molecule has 112 valence electrons. The number of nitrogens with one attached hydrogen (secondary N) is 1. The fourth-order valence-corrected chi connectivity index (χ4v) is 3.42. The molecule has 0 aromatic heterocycles. The van der Waals surface area contributed by atoms with E-state index < -0.39 is 0 Å². The molecule has 1 atom stereocenters. The van der Waals surface area contributed by atoms with Gasteiger partial charge in [0.05, 0.1) is 7.11 Å². The first-order valence-electron chi connectivity index (χ1n) is 6.49. The van der Waals surface area contributed by atoms with E-state index in [9.17, 15) is 0 Å². The zero-order valence-electron chi connectivity index (χ0n) is 11.8. The maximum absolute atomic E-state index is 6.36. The lowest BCUT2D eigenvalue weighted by atomic mass is 9.99. The molecule has 2 aromatic carbocycles. The molecule has 0 aliphatic rings. The van der Waals surface area contributed by atoms with Crippen molar-refractivity contribution in [2.45, 2.75) is 12.5 Å². The van der Waals surface area contributed by atoms with Gasteiger partial charge in [-0.3, -0.25) is 0 Å². The molecule has 0 fully saturated rings. The van der Waals surface area contributed by atoms with Gasteiger partial charge in [0, 0.05) is 20.0 Å². The molecule has 5 heteroatoms. The largest absolute Gasteiger partial charge is 0.497 e. The molecule has 0 aliphatic heterocycles. The maximum Gasteiger partial charge on any atom is 0.119 e. The van der Waals surface area contributed by atoms with Crippen LogP contribution in [0.3, 0.4) is 0 Å². The Labute approximate surface area is 147 Å². The van der Waals surface area contributed by atoms with E-state index >= 15 is 0 Å². The normalized spacial score (nSPS) is 12.2. The molecule has 21 heavy (non-hydrogen) atoms. The summed E-state index contributed by atoms with van der Waals surface area (Å²) in [5, 5.41) is 4.08. The Morgan fingerprint density at radius 2 is 1.95 bits per heavy atom. The third-order valence-electron chi connectivity index (χ3n) is 3.36. The van der Waals surface area contributed by atoms with Gasteiger partial charge in [-0.1, -0.05) is 49.5 Å². The number of ether oxygens (including phenoxy) is 1. The third kappa shape index (κ3) is 4.22. The minimum atomic E-state index is 0.133. The van der Waals surface area contributed by atoms with Crippen molar-refractivity contribution in [1.29, 1.82) is 0 Å². The van der Waals surface area contributed by atoms with Crippen molar-refractivity contribution < 1.29 is 4.74 Å². The molecule has 0 aliphatic carbocycles.